The van der Waals surface area contributed by atoms with Crippen LogP contribution >= 0.6 is 0 Å². The summed E-state index contributed by atoms with van der Waals surface area (Å²) in [6.45, 7) is 2.33. The molecule has 1 fully saturated rings. The fourth-order valence-corrected chi connectivity index (χ4v) is 4.90. The Morgan fingerprint density at radius 3 is 2.77 bits per heavy atom. The molecule has 2 unspecified atom stereocenters. The third-order valence-corrected chi connectivity index (χ3v) is 6.19. The molecule has 1 aliphatic heterocycles. The second kappa shape index (κ2) is 6.18. The number of fused-ring (bicyclic) bond motifs is 1. The summed E-state index contributed by atoms with van der Waals surface area (Å²) >= 11 is 0. The predicted octanol–water partition coefficient (Wildman–Crippen LogP) is 1.81. The number of nitrogens with two attached hydrogens (primary N) is 1. The summed E-state index contributed by atoms with van der Waals surface area (Å²) in [6.07, 6.45) is 5.30. The molecule has 1 aromatic carbocycles. The van der Waals surface area contributed by atoms with Crippen LogP contribution in [0.15, 0.2) is 23.1 Å². The first-order chi connectivity index (χ1) is 10.5. The largest absolute Gasteiger partial charge is 0.490 e. The highest BCUT2D eigenvalue weighted by molar-refractivity contribution is 7.89. The third kappa shape index (κ3) is 3.14. The number of sulfonamides is 1. The van der Waals surface area contributed by atoms with Crippen LogP contribution in [0.25, 0.3) is 0 Å². The van der Waals surface area contributed by atoms with Gasteiger partial charge in [-0.15, -0.1) is 0 Å². The molecule has 1 heterocycles. The lowest BCUT2D eigenvalue weighted by atomic mass is 9.99. The zero-order chi connectivity index (χ0) is 15.7. The molecule has 6 heteroatoms. The van der Waals surface area contributed by atoms with Gasteiger partial charge in [-0.25, -0.2) is 13.1 Å². The van der Waals surface area contributed by atoms with Crippen LogP contribution in [-0.2, 0) is 16.4 Å². The van der Waals surface area contributed by atoms with Gasteiger partial charge in [0, 0.05) is 19.0 Å². The molecule has 122 valence electrons. The Morgan fingerprint density at radius 1 is 1.36 bits per heavy atom. The standard InChI is InChI=1S/C16H24N2O3S/c1-11-8-13-9-14(6-7-16(13)21-11)22(19,20)18-15(10-17)12-4-2-3-5-12/h6-7,9,11-12,15,18H,2-5,8,10,17H2,1H3. The molecule has 1 saturated carbocycles. The van der Waals surface area contributed by atoms with Crippen LogP contribution in [-0.4, -0.2) is 27.1 Å². The van der Waals surface area contributed by atoms with Crippen molar-refractivity contribution in [3.63, 3.8) is 0 Å². The van der Waals surface area contributed by atoms with Gasteiger partial charge in [-0.1, -0.05) is 12.8 Å². The number of rotatable bonds is 5. The summed E-state index contributed by atoms with van der Waals surface area (Å²) in [6, 6.07) is 4.92. The molecule has 0 spiro atoms. The number of ether oxygens (including phenoxy) is 1. The summed E-state index contributed by atoms with van der Waals surface area (Å²) in [5.41, 5.74) is 6.76. The van der Waals surface area contributed by atoms with Gasteiger partial charge in [0.25, 0.3) is 0 Å². The van der Waals surface area contributed by atoms with Gasteiger partial charge in [-0.3, -0.25) is 0 Å². The Balaban J connectivity index is 1.79. The van der Waals surface area contributed by atoms with Crippen molar-refractivity contribution in [2.24, 2.45) is 11.7 Å². The van der Waals surface area contributed by atoms with Crippen molar-refractivity contribution in [2.45, 2.75) is 56.1 Å². The zero-order valence-electron chi connectivity index (χ0n) is 12.9. The molecule has 5 nitrogen and oxygen atoms in total. The summed E-state index contributed by atoms with van der Waals surface area (Å²) in [4.78, 5) is 0.306. The second-order valence-electron chi connectivity index (χ2n) is 6.41. The number of hydrogen-bond acceptors (Lipinski definition) is 4. The van der Waals surface area contributed by atoms with Crippen LogP contribution in [0.2, 0.25) is 0 Å². The van der Waals surface area contributed by atoms with Crippen LogP contribution in [0.3, 0.4) is 0 Å². The van der Waals surface area contributed by atoms with E-state index in [1.165, 1.54) is 0 Å². The van der Waals surface area contributed by atoms with Crippen LogP contribution in [0, 0.1) is 5.92 Å². The highest BCUT2D eigenvalue weighted by Crippen LogP contribution is 2.31. The SMILES string of the molecule is CC1Cc2cc(S(=O)(=O)NC(CN)C3CCCC3)ccc2O1. The molecule has 0 aromatic heterocycles. The highest BCUT2D eigenvalue weighted by Gasteiger charge is 2.29. The molecule has 3 rings (SSSR count). The van der Waals surface area contributed by atoms with E-state index in [9.17, 15) is 8.42 Å². The predicted molar refractivity (Wildman–Crippen MR) is 85.4 cm³/mol. The normalized spacial score (nSPS) is 23.3. The van der Waals surface area contributed by atoms with E-state index >= 15 is 0 Å². The van der Waals surface area contributed by atoms with Crippen LogP contribution in [0.5, 0.6) is 5.75 Å². The molecule has 0 bridgehead atoms. The van der Waals surface area contributed by atoms with Gasteiger partial charge in [0.15, 0.2) is 0 Å². The van der Waals surface area contributed by atoms with E-state index in [4.69, 9.17) is 10.5 Å². The lowest BCUT2D eigenvalue weighted by Crippen LogP contribution is -2.44. The highest BCUT2D eigenvalue weighted by atomic mass is 32.2. The molecular formula is C16H24N2O3S. The van der Waals surface area contributed by atoms with Crippen molar-refractivity contribution in [3.05, 3.63) is 23.8 Å². The molecule has 22 heavy (non-hydrogen) atoms. The van der Waals surface area contributed by atoms with E-state index in [2.05, 4.69) is 4.72 Å². The zero-order valence-corrected chi connectivity index (χ0v) is 13.7. The smallest absolute Gasteiger partial charge is 0.240 e. The monoisotopic (exact) mass is 324 g/mol. The molecule has 1 aromatic rings. The first-order valence-electron chi connectivity index (χ1n) is 8.01. The molecule has 2 aliphatic rings. The fourth-order valence-electron chi connectivity index (χ4n) is 3.53. The van der Waals surface area contributed by atoms with E-state index in [0.717, 1.165) is 43.4 Å². The minimum absolute atomic E-state index is 0.108. The van der Waals surface area contributed by atoms with E-state index in [-0.39, 0.29) is 12.1 Å². The summed E-state index contributed by atoms with van der Waals surface area (Å²) in [7, 11) is -3.53. The molecule has 3 N–H and O–H groups in total. The minimum atomic E-state index is -3.53. The van der Waals surface area contributed by atoms with Gasteiger partial charge < -0.3 is 10.5 Å². The minimum Gasteiger partial charge on any atom is -0.490 e. The van der Waals surface area contributed by atoms with Gasteiger partial charge in [0.2, 0.25) is 10.0 Å². The van der Waals surface area contributed by atoms with Crippen LogP contribution in [0.1, 0.15) is 38.2 Å². The summed E-state index contributed by atoms with van der Waals surface area (Å²) in [5.74, 6) is 1.15. The average molecular weight is 324 g/mol. The lowest BCUT2D eigenvalue weighted by Gasteiger charge is -2.23. The maximum Gasteiger partial charge on any atom is 0.240 e. The van der Waals surface area contributed by atoms with Crippen LogP contribution in [0.4, 0.5) is 0 Å². The van der Waals surface area contributed by atoms with E-state index in [1.54, 1.807) is 18.2 Å². The van der Waals surface area contributed by atoms with Crippen molar-refractivity contribution < 1.29 is 13.2 Å². The topological polar surface area (TPSA) is 81.4 Å². The van der Waals surface area contributed by atoms with Crippen molar-refractivity contribution in [2.75, 3.05) is 6.54 Å². The Labute approximate surface area is 132 Å². The van der Waals surface area contributed by atoms with Gasteiger partial charge in [0.1, 0.15) is 11.9 Å². The average Bonchev–Trinajstić information content (AvgIpc) is 3.11. The van der Waals surface area contributed by atoms with E-state index < -0.39 is 10.0 Å². The molecule has 1 aliphatic carbocycles. The van der Waals surface area contributed by atoms with Gasteiger partial charge >= 0.3 is 0 Å². The maximum absolute atomic E-state index is 12.6. The van der Waals surface area contributed by atoms with Gasteiger partial charge in [-0.2, -0.15) is 0 Å². The van der Waals surface area contributed by atoms with Crippen molar-refractivity contribution in [3.8, 4) is 5.75 Å². The third-order valence-electron chi connectivity index (χ3n) is 4.71. The first kappa shape index (κ1) is 15.8. The number of nitrogens with one attached hydrogen (secondary N) is 1. The number of benzene rings is 1. The lowest BCUT2D eigenvalue weighted by molar-refractivity contribution is 0.254. The van der Waals surface area contributed by atoms with Crippen molar-refractivity contribution >= 4 is 10.0 Å². The summed E-state index contributed by atoms with van der Waals surface area (Å²) < 4.78 is 33.7. The van der Waals surface area contributed by atoms with E-state index in [0.29, 0.717) is 17.4 Å². The quantitative estimate of drug-likeness (QED) is 0.865. The Bertz CT molecular complexity index is 639. The number of hydrogen-bond donors (Lipinski definition) is 2. The second-order valence-corrected chi connectivity index (χ2v) is 8.12. The van der Waals surface area contributed by atoms with Crippen LogP contribution < -0.4 is 15.2 Å². The molecule has 0 saturated heterocycles. The van der Waals surface area contributed by atoms with Gasteiger partial charge in [0.05, 0.1) is 4.90 Å². The van der Waals surface area contributed by atoms with Gasteiger partial charge in [-0.05, 0) is 49.4 Å². The summed E-state index contributed by atoms with van der Waals surface area (Å²) in [5, 5.41) is 0. The van der Waals surface area contributed by atoms with Crippen molar-refractivity contribution in [1.82, 2.24) is 4.72 Å². The molecular weight excluding hydrogens is 300 g/mol. The Morgan fingerprint density at radius 2 is 2.09 bits per heavy atom. The van der Waals surface area contributed by atoms with E-state index in [1.807, 2.05) is 6.92 Å². The molecule has 0 amide bonds. The Kier molecular flexibility index (Phi) is 4.43. The molecule has 0 radical (unpaired) electrons. The maximum atomic E-state index is 12.6. The molecule has 2 atom stereocenters. The fraction of sp³-hybridized carbons (Fsp3) is 0.625. The Hall–Kier alpha value is -1.11. The van der Waals surface area contributed by atoms with Crippen molar-refractivity contribution in [1.29, 1.82) is 0 Å². The first-order valence-corrected chi connectivity index (χ1v) is 9.50.